The van der Waals surface area contributed by atoms with E-state index in [0.29, 0.717) is 6.04 Å². The molecule has 2 N–H and O–H groups in total. The largest absolute Gasteiger partial charge is 0.320 e. The molecular formula is C9H17N5. The zero-order valence-corrected chi connectivity index (χ0v) is 8.53. The molecule has 2 rings (SSSR count). The van der Waals surface area contributed by atoms with Gasteiger partial charge in [0, 0.05) is 13.1 Å². The van der Waals surface area contributed by atoms with Gasteiger partial charge in [-0.15, -0.1) is 10.2 Å². The van der Waals surface area contributed by atoms with Crippen LogP contribution in [0.5, 0.6) is 0 Å². The maximum absolute atomic E-state index is 4.04. The number of hydrogen-bond acceptors (Lipinski definition) is 4. The van der Waals surface area contributed by atoms with Crippen molar-refractivity contribution in [3.8, 4) is 0 Å². The maximum atomic E-state index is 4.04. The van der Waals surface area contributed by atoms with Gasteiger partial charge in [-0.1, -0.05) is 0 Å². The van der Waals surface area contributed by atoms with Crippen LogP contribution in [0.2, 0.25) is 0 Å². The van der Waals surface area contributed by atoms with E-state index >= 15 is 0 Å². The first kappa shape index (κ1) is 9.61. The third-order valence-corrected chi connectivity index (χ3v) is 2.69. The van der Waals surface area contributed by atoms with E-state index < -0.39 is 0 Å². The third-order valence-electron chi connectivity index (χ3n) is 2.69. The average Bonchev–Trinajstić information content (AvgIpc) is 2.63. The zero-order chi connectivity index (χ0) is 9.80. The van der Waals surface area contributed by atoms with Crippen LogP contribution in [0.15, 0.2) is 6.33 Å². The van der Waals surface area contributed by atoms with Gasteiger partial charge in [0.2, 0.25) is 0 Å². The second-order valence-electron chi connectivity index (χ2n) is 3.76. The minimum absolute atomic E-state index is 0.632. The van der Waals surface area contributed by atoms with Crippen LogP contribution in [0, 0.1) is 0 Å². The summed E-state index contributed by atoms with van der Waals surface area (Å²) in [7, 11) is 1.97. The van der Waals surface area contributed by atoms with Gasteiger partial charge in [0.05, 0.1) is 6.54 Å². The molecule has 1 aromatic rings. The topological polar surface area (TPSA) is 54.8 Å². The summed E-state index contributed by atoms with van der Waals surface area (Å²) in [5, 5.41) is 14.7. The Labute approximate surface area is 83.9 Å². The number of nitrogens with zero attached hydrogens (tertiary/aromatic N) is 3. The van der Waals surface area contributed by atoms with E-state index in [-0.39, 0.29) is 0 Å². The zero-order valence-electron chi connectivity index (χ0n) is 8.53. The van der Waals surface area contributed by atoms with E-state index in [0.717, 1.165) is 25.5 Å². The molecule has 1 aromatic heterocycles. The number of hydrogen-bond donors (Lipinski definition) is 2. The van der Waals surface area contributed by atoms with E-state index in [1.807, 2.05) is 11.6 Å². The molecule has 0 aliphatic carbocycles. The monoisotopic (exact) mass is 195 g/mol. The molecule has 1 aliphatic rings. The van der Waals surface area contributed by atoms with Crippen LogP contribution in [0.25, 0.3) is 0 Å². The second kappa shape index (κ2) is 4.52. The van der Waals surface area contributed by atoms with Gasteiger partial charge in [-0.05, 0) is 25.9 Å². The predicted molar refractivity (Wildman–Crippen MR) is 53.7 cm³/mol. The van der Waals surface area contributed by atoms with Crippen molar-refractivity contribution >= 4 is 0 Å². The number of aromatic nitrogens is 3. The van der Waals surface area contributed by atoms with Gasteiger partial charge >= 0.3 is 0 Å². The molecule has 0 spiro atoms. The molecule has 5 heteroatoms. The number of rotatable bonds is 3. The Morgan fingerprint density at radius 3 is 3.00 bits per heavy atom. The van der Waals surface area contributed by atoms with E-state index in [1.54, 1.807) is 6.33 Å². The molecule has 78 valence electrons. The quantitative estimate of drug-likeness (QED) is 0.692. The summed E-state index contributed by atoms with van der Waals surface area (Å²) >= 11 is 0. The fraction of sp³-hybridized carbons (Fsp3) is 0.778. The molecule has 0 aromatic carbocycles. The summed E-state index contributed by atoms with van der Waals surface area (Å²) in [6, 6.07) is 0.632. The van der Waals surface area contributed by atoms with Gasteiger partial charge in [-0.2, -0.15) is 0 Å². The third kappa shape index (κ3) is 2.30. The first-order valence-electron chi connectivity index (χ1n) is 5.13. The molecule has 2 heterocycles. The fourth-order valence-corrected chi connectivity index (χ4v) is 1.73. The molecule has 0 amide bonds. The first-order chi connectivity index (χ1) is 6.86. The highest BCUT2D eigenvalue weighted by Crippen LogP contribution is 2.02. The first-order valence-corrected chi connectivity index (χ1v) is 5.13. The fourth-order valence-electron chi connectivity index (χ4n) is 1.73. The number of piperidine rings is 1. The van der Waals surface area contributed by atoms with Gasteiger partial charge in [-0.3, -0.25) is 0 Å². The Bertz CT molecular complexity index is 276. The van der Waals surface area contributed by atoms with Crippen LogP contribution < -0.4 is 10.6 Å². The second-order valence-corrected chi connectivity index (χ2v) is 3.76. The minimum Gasteiger partial charge on any atom is -0.320 e. The van der Waals surface area contributed by atoms with Crippen LogP contribution in [0.4, 0.5) is 0 Å². The highest BCUT2D eigenvalue weighted by atomic mass is 15.3. The standard InChI is InChI=1S/C9H17N5/c1-14-7-12-13-9(14)6-11-8-2-4-10-5-3-8/h7-8,10-11H,2-6H2,1H3. The smallest absolute Gasteiger partial charge is 0.146 e. The van der Waals surface area contributed by atoms with Gasteiger partial charge in [0.15, 0.2) is 0 Å². The van der Waals surface area contributed by atoms with Crippen LogP contribution in [0.3, 0.4) is 0 Å². The average molecular weight is 195 g/mol. The Kier molecular flexibility index (Phi) is 3.10. The lowest BCUT2D eigenvalue weighted by Crippen LogP contribution is -2.39. The molecule has 0 radical (unpaired) electrons. The Balaban J connectivity index is 1.79. The summed E-state index contributed by atoms with van der Waals surface area (Å²) < 4.78 is 1.95. The van der Waals surface area contributed by atoms with Crippen molar-refractivity contribution in [3.05, 3.63) is 12.2 Å². The van der Waals surface area contributed by atoms with Crippen LogP contribution in [-0.2, 0) is 13.6 Å². The minimum atomic E-state index is 0.632. The molecule has 5 nitrogen and oxygen atoms in total. The van der Waals surface area contributed by atoms with E-state index in [2.05, 4.69) is 20.8 Å². The predicted octanol–water partition coefficient (Wildman–Crippen LogP) is -0.343. The summed E-state index contributed by atoms with van der Waals surface area (Å²) in [6.07, 6.45) is 4.15. The molecule has 0 atom stereocenters. The maximum Gasteiger partial charge on any atom is 0.146 e. The summed E-state index contributed by atoms with van der Waals surface area (Å²) in [5.41, 5.74) is 0. The molecule has 1 saturated heterocycles. The van der Waals surface area contributed by atoms with Crippen molar-refractivity contribution in [1.29, 1.82) is 0 Å². The highest BCUT2D eigenvalue weighted by Gasteiger charge is 2.12. The van der Waals surface area contributed by atoms with Crippen LogP contribution in [0.1, 0.15) is 18.7 Å². The lowest BCUT2D eigenvalue weighted by Gasteiger charge is -2.23. The lowest BCUT2D eigenvalue weighted by molar-refractivity contribution is 0.381. The Hall–Kier alpha value is -0.940. The van der Waals surface area contributed by atoms with Gasteiger partial charge in [0.25, 0.3) is 0 Å². The molecule has 14 heavy (non-hydrogen) atoms. The lowest BCUT2D eigenvalue weighted by atomic mass is 10.1. The van der Waals surface area contributed by atoms with Crippen molar-refractivity contribution in [2.24, 2.45) is 7.05 Å². The Morgan fingerprint density at radius 2 is 2.36 bits per heavy atom. The summed E-state index contributed by atoms with van der Waals surface area (Å²) in [4.78, 5) is 0. The van der Waals surface area contributed by atoms with Crippen LogP contribution >= 0.6 is 0 Å². The van der Waals surface area contributed by atoms with Crippen LogP contribution in [-0.4, -0.2) is 33.9 Å². The molecule has 1 fully saturated rings. The molecule has 0 saturated carbocycles. The SMILES string of the molecule is Cn1cnnc1CNC1CCNCC1. The normalized spacial score (nSPS) is 18.6. The number of nitrogens with one attached hydrogen (secondary N) is 2. The van der Waals surface area contributed by atoms with Gasteiger partial charge < -0.3 is 15.2 Å². The molecular weight excluding hydrogens is 178 g/mol. The van der Waals surface area contributed by atoms with Crippen molar-refractivity contribution in [2.75, 3.05) is 13.1 Å². The van der Waals surface area contributed by atoms with Crippen molar-refractivity contribution in [3.63, 3.8) is 0 Å². The number of aryl methyl sites for hydroxylation is 1. The van der Waals surface area contributed by atoms with E-state index in [4.69, 9.17) is 0 Å². The van der Waals surface area contributed by atoms with E-state index in [9.17, 15) is 0 Å². The molecule has 1 aliphatic heterocycles. The van der Waals surface area contributed by atoms with E-state index in [1.165, 1.54) is 12.8 Å². The van der Waals surface area contributed by atoms with Gasteiger partial charge in [-0.25, -0.2) is 0 Å². The van der Waals surface area contributed by atoms with Crippen molar-refractivity contribution < 1.29 is 0 Å². The van der Waals surface area contributed by atoms with Crippen molar-refractivity contribution in [1.82, 2.24) is 25.4 Å². The van der Waals surface area contributed by atoms with Gasteiger partial charge in [0.1, 0.15) is 12.2 Å². The highest BCUT2D eigenvalue weighted by molar-refractivity contribution is 4.85. The molecule has 0 unspecified atom stereocenters. The summed E-state index contributed by atoms with van der Waals surface area (Å²) in [5.74, 6) is 1.00. The van der Waals surface area contributed by atoms with Crippen molar-refractivity contribution in [2.45, 2.75) is 25.4 Å². The Morgan fingerprint density at radius 1 is 1.57 bits per heavy atom. The molecule has 0 bridgehead atoms. The summed E-state index contributed by atoms with van der Waals surface area (Å²) in [6.45, 7) is 3.06.